The molecule has 4 nitrogen and oxygen atoms in total. The van der Waals surface area contributed by atoms with Crippen LogP contribution in [0.3, 0.4) is 0 Å². The molecule has 0 aromatic rings. The lowest BCUT2D eigenvalue weighted by molar-refractivity contribution is 0.0389. The average molecular weight is 182 g/mol. The smallest absolute Gasteiger partial charge is 0.415 e. The van der Waals surface area contributed by atoms with Crippen LogP contribution >= 0.6 is 0 Å². The first-order valence-electron chi connectivity index (χ1n) is 4.17. The fourth-order valence-electron chi connectivity index (χ4n) is 0.830. The minimum Gasteiger partial charge on any atom is -0.443 e. The van der Waals surface area contributed by atoms with Crippen LogP contribution in [0.1, 0.15) is 20.8 Å². The fourth-order valence-corrected chi connectivity index (χ4v) is 0.830. The third-order valence-electron chi connectivity index (χ3n) is 1.33. The Kier molecular flexibility index (Phi) is 2.70. The van der Waals surface area contributed by atoms with Crippen LogP contribution in [0.5, 0.6) is 0 Å². The molecule has 0 aromatic heterocycles. The number of rotatable bonds is 0. The Bertz CT molecular complexity index is 251. The van der Waals surface area contributed by atoms with Crippen molar-refractivity contribution in [1.82, 2.24) is 4.90 Å². The first-order chi connectivity index (χ1) is 5.99. The first-order valence-corrected chi connectivity index (χ1v) is 4.17. The van der Waals surface area contributed by atoms with Gasteiger partial charge in [0.25, 0.3) is 0 Å². The van der Waals surface area contributed by atoms with Crippen LogP contribution in [-0.4, -0.2) is 29.5 Å². The van der Waals surface area contributed by atoms with Crippen molar-refractivity contribution in [3.8, 4) is 0 Å². The highest BCUT2D eigenvalue weighted by Gasteiger charge is 2.20. The molecule has 1 aliphatic rings. The lowest BCUT2D eigenvalue weighted by Gasteiger charge is -2.24. The van der Waals surface area contributed by atoms with Gasteiger partial charge >= 0.3 is 6.09 Å². The van der Waals surface area contributed by atoms with Gasteiger partial charge in [0.1, 0.15) is 11.9 Å². The van der Waals surface area contributed by atoms with Crippen molar-refractivity contribution in [3.63, 3.8) is 0 Å². The van der Waals surface area contributed by atoms with Gasteiger partial charge in [-0.2, -0.15) is 0 Å². The van der Waals surface area contributed by atoms with E-state index in [1.54, 1.807) is 12.3 Å². The maximum absolute atomic E-state index is 11.4. The van der Waals surface area contributed by atoms with Gasteiger partial charge in [0.05, 0.1) is 0 Å². The third kappa shape index (κ3) is 3.27. The van der Waals surface area contributed by atoms with Crippen LogP contribution in [-0.2, 0) is 4.74 Å². The Morgan fingerprint density at radius 3 is 2.69 bits per heavy atom. The van der Waals surface area contributed by atoms with Gasteiger partial charge in [0.2, 0.25) is 0 Å². The largest absolute Gasteiger partial charge is 0.443 e. The lowest BCUT2D eigenvalue weighted by atomic mass is 10.2. The van der Waals surface area contributed by atoms with Gasteiger partial charge in [-0.3, -0.25) is 4.90 Å². The summed E-state index contributed by atoms with van der Waals surface area (Å²) in [5.74, 6) is 0. The van der Waals surface area contributed by atoms with Crippen LogP contribution in [0.2, 0.25) is 0 Å². The molecule has 0 saturated carbocycles. The summed E-state index contributed by atoms with van der Waals surface area (Å²) in [4.78, 5) is 16.6. The maximum atomic E-state index is 11.4. The monoisotopic (exact) mass is 182 g/mol. The molecule has 0 aliphatic carbocycles. The van der Waals surface area contributed by atoms with Crippen molar-refractivity contribution in [3.05, 3.63) is 12.3 Å². The third-order valence-corrected chi connectivity index (χ3v) is 1.33. The van der Waals surface area contributed by atoms with Crippen molar-refractivity contribution in [2.45, 2.75) is 26.4 Å². The molecule has 1 aliphatic heterocycles. The van der Waals surface area contributed by atoms with E-state index in [2.05, 4.69) is 4.99 Å². The summed E-state index contributed by atoms with van der Waals surface area (Å²) < 4.78 is 5.14. The molecule has 0 N–H and O–H groups in total. The van der Waals surface area contributed by atoms with Crippen LogP contribution in [0, 0.1) is 0 Å². The Labute approximate surface area is 77.9 Å². The van der Waals surface area contributed by atoms with Crippen LogP contribution in [0.15, 0.2) is 17.3 Å². The minimum absolute atomic E-state index is 0.361. The maximum Gasteiger partial charge on any atom is 0.415 e. The van der Waals surface area contributed by atoms with E-state index in [1.807, 2.05) is 20.8 Å². The molecule has 1 rings (SSSR count). The van der Waals surface area contributed by atoms with E-state index in [1.165, 1.54) is 11.2 Å². The Morgan fingerprint density at radius 2 is 2.23 bits per heavy atom. The summed E-state index contributed by atoms with van der Waals surface area (Å²) in [7, 11) is 0. The van der Waals surface area contributed by atoms with Crippen LogP contribution in [0.4, 0.5) is 4.79 Å². The molecule has 13 heavy (non-hydrogen) atoms. The summed E-state index contributed by atoms with van der Waals surface area (Å²) in [5, 5.41) is 0. The zero-order chi connectivity index (χ0) is 9.90. The Morgan fingerprint density at radius 1 is 1.54 bits per heavy atom. The summed E-state index contributed by atoms with van der Waals surface area (Å²) in [6, 6.07) is 0. The molecular formula is C9H14N2O2. The van der Waals surface area contributed by atoms with Gasteiger partial charge in [-0.25, -0.2) is 9.79 Å². The number of hydrogen-bond acceptors (Lipinski definition) is 3. The minimum atomic E-state index is -0.452. The number of amides is 1. The molecule has 0 spiro atoms. The van der Waals surface area contributed by atoms with Gasteiger partial charge in [-0.1, -0.05) is 0 Å². The van der Waals surface area contributed by atoms with Gasteiger partial charge in [0.15, 0.2) is 0 Å². The van der Waals surface area contributed by atoms with Gasteiger partial charge in [-0.15, -0.1) is 0 Å². The number of carbonyl (C=O) groups excluding carboxylic acids is 1. The second kappa shape index (κ2) is 3.60. The molecule has 0 bridgehead atoms. The lowest BCUT2D eigenvalue weighted by Crippen LogP contribution is -2.36. The molecule has 72 valence electrons. The van der Waals surface area contributed by atoms with Gasteiger partial charge in [-0.05, 0) is 26.8 Å². The topological polar surface area (TPSA) is 41.9 Å². The van der Waals surface area contributed by atoms with E-state index in [-0.39, 0.29) is 6.09 Å². The van der Waals surface area contributed by atoms with E-state index in [0.717, 1.165) is 0 Å². The number of carbonyl (C=O) groups is 1. The highest BCUT2D eigenvalue weighted by atomic mass is 16.6. The number of aliphatic imine (C=N–C) groups is 1. The van der Waals surface area contributed by atoms with Crippen molar-refractivity contribution in [2.75, 3.05) is 6.54 Å². The second-order valence-electron chi connectivity index (χ2n) is 3.78. The summed E-state index contributed by atoms with van der Waals surface area (Å²) in [5.41, 5.74) is -0.452. The molecule has 0 aromatic carbocycles. The molecule has 1 heterocycles. The van der Waals surface area contributed by atoms with Crippen LogP contribution in [0.25, 0.3) is 0 Å². The normalized spacial score (nSPS) is 16.1. The quantitative estimate of drug-likeness (QED) is 0.573. The molecule has 0 fully saturated rings. The molecule has 0 radical (unpaired) electrons. The molecule has 0 unspecified atom stereocenters. The van der Waals surface area contributed by atoms with Crippen molar-refractivity contribution < 1.29 is 9.53 Å². The predicted molar refractivity (Wildman–Crippen MR) is 50.6 cm³/mol. The van der Waals surface area contributed by atoms with Crippen molar-refractivity contribution in [2.24, 2.45) is 4.99 Å². The molecule has 1 amide bonds. The SMILES string of the molecule is CC(C)(C)OC(=O)N1C=NC=CC1. The summed E-state index contributed by atoms with van der Waals surface area (Å²) >= 11 is 0. The van der Waals surface area contributed by atoms with E-state index in [0.29, 0.717) is 6.54 Å². The van der Waals surface area contributed by atoms with E-state index in [4.69, 9.17) is 4.74 Å². The van der Waals surface area contributed by atoms with Crippen molar-refractivity contribution in [1.29, 1.82) is 0 Å². The molecular weight excluding hydrogens is 168 g/mol. The number of ether oxygens (including phenoxy) is 1. The molecule has 0 saturated heterocycles. The average Bonchev–Trinajstić information content (AvgIpc) is 2.03. The standard InChI is InChI=1S/C9H14N2O2/c1-9(2,3)13-8(12)11-6-4-5-10-7-11/h4-5,7H,6H2,1-3H3. The zero-order valence-corrected chi connectivity index (χ0v) is 8.15. The van der Waals surface area contributed by atoms with Gasteiger partial charge < -0.3 is 4.74 Å². The second-order valence-corrected chi connectivity index (χ2v) is 3.78. The van der Waals surface area contributed by atoms with E-state index >= 15 is 0 Å². The fraction of sp³-hybridized carbons (Fsp3) is 0.556. The Balaban J connectivity index is 2.49. The van der Waals surface area contributed by atoms with E-state index < -0.39 is 5.60 Å². The summed E-state index contributed by atoms with van der Waals surface area (Å²) in [6.07, 6.45) is 4.55. The number of nitrogens with zero attached hydrogens (tertiary/aromatic N) is 2. The van der Waals surface area contributed by atoms with Crippen molar-refractivity contribution >= 4 is 12.4 Å². The highest BCUT2D eigenvalue weighted by molar-refractivity contribution is 5.83. The summed E-state index contributed by atoms with van der Waals surface area (Å²) in [6.45, 7) is 6.03. The Hall–Kier alpha value is -1.32. The van der Waals surface area contributed by atoms with E-state index in [9.17, 15) is 4.79 Å². The van der Waals surface area contributed by atoms with Gasteiger partial charge in [0, 0.05) is 12.7 Å². The number of hydrogen-bond donors (Lipinski definition) is 0. The highest BCUT2D eigenvalue weighted by Crippen LogP contribution is 2.09. The molecule has 0 atom stereocenters. The predicted octanol–water partition coefficient (Wildman–Crippen LogP) is 1.78. The van der Waals surface area contributed by atoms with Crippen LogP contribution < -0.4 is 0 Å². The first kappa shape index (κ1) is 9.77. The molecule has 4 heteroatoms. The zero-order valence-electron chi connectivity index (χ0n) is 8.15.